The van der Waals surface area contributed by atoms with Crippen molar-refractivity contribution in [2.75, 3.05) is 5.75 Å². The minimum atomic E-state index is -5.51. The van der Waals surface area contributed by atoms with Gasteiger partial charge < -0.3 is 9.30 Å². The summed E-state index contributed by atoms with van der Waals surface area (Å²) in [6.45, 7) is 8.06. The zero-order valence-electron chi connectivity index (χ0n) is 22.0. The smallest absolute Gasteiger partial charge is 0.369 e. The summed E-state index contributed by atoms with van der Waals surface area (Å²) in [5.41, 5.74) is 0.445. The highest BCUT2D eigenvalue weighted by Crippen LogP contribution is 2.34. The van der Waals surface area contributed by atoms with Crippen LogP contribution in [-0.4, -0.2) is 42.0 Å². The van der Waals surface area contributed by atoms with Crippen LogP contribution < -0.4 is 4.72 Å². The first-order valence-electron chi connectivity index (χ1n) is 12.0. The number of ether oxygens (including phenoxy) is 1. The summed E-state index contributed by atoms with van der Waals surface area (Å²) in [6.07, 6.45) is -4.31. The third kappa shape index (κ3) is 7.84. The van der Waals surface area contributed by atoms with Gasteiger partial charge in [0.1, 0.15) is 11.6 Å². The van der Waals surface area contributed by atoms with Crippen LogP contribution >= 0.6 is 11.8 Å². The first-order valence-corrected chi connectivity index (χ1v) is 14.5. The number of sulfonamides is 1. The van der Waals surface area contributed by atoms with Crippen LogP contribution in [0.25, 0.3) is 11.1 Å². The predicted octanol–water partition coefficient (Wildman–Crippen LogP) is 6.11. The number of amides is 1. The summed E-state index contributed by atoms with van der Waals surface area (Å²) in [7, 11) is -4.84. The quantitative estimate of drug-likeness (QED) is 0.136. The number of hydrogen-bond acceptors (Lipinski definition) is 7. The van der Waals surface area contributed by atoms with Gasteiger partial charge in [0.25, 0.3) is 10.0 Å². The Balaban J connectivity index is 1.99. The zero-order valence-corrected chi connectivity index (χ0v) is 23.6. The van der Waals surface area contributed by atoms with Gasteiger partial charge in [0.2, 0.25) is 0 Å². The van der Waals surface area contributed by atoms with E-state index in [2.05, 4.69) is 9.72 Å². The number of alkyl halides is 3. The molecular formula is C26H27F4N3O5S2. The maximum atomic E-state index is 15.3. The van der Waals surface area contributed by atoms with Gasteiger partial charge >= 0.3 is 18.2 Å². The molecule has 14 heteroatoms. The van der Waals surface area contributed by atoms with Crippen molar-refractivity contribution < 1.29 is 40.3 Å². The first kappa shape index (κ1) is 31.1. The molecule has 0 unspecified atom stereocenters. The molecule has 3 rings (SSSR count). The monoisotopic (exact) mass is 601 g/mol. The molecule has 2 aromatic carbocycles. The fourth-order valence-electron chi connectivity index (χ4n) is 3.63. The Kier molecular flexibility index (Phi) is 9.67. The fraction of sp³-hybridized carbons (Fsp3) is 0.346. The highest BCUT2D eigenvalue weighted by atomic mass is 32.2. The van der Waals surface area contributed by atoms with Gasteiger partial charge in [-0.1, -0.05) is 39.8 Å². The molecule has 0 fully saturated rings. The topological polar surface area (TPSA) is 107 Å². The van der Waals surface area contributed by atoms with Crippen molar-refractivity contribution in [3.05, 3.63) is 66.0 Å². The van der Waals surface area contributed by atoms with E-state index in [4.69, 9.17) is 0 Å². The number of halogens is 4. The molecule has 216 valence electrons. The van der Waals surface area contributed by atoms with Crippen molar-refractivity contribution in [3.8, 4) is 11.1 Å². The van der Waals surface area contributed by atoms with E-state index in [0.29, 0.717) is 22.1 Å². The molecule has 0 atom stereocenters. The van der Waals surface area contributed by atoms with E-state index in [1.54, 1.807) is 17.0 Å². The van der Waals surface area contributed by atoms with Gasteiger partial charge in [-0.25, -0.2) is 32.1 Å². The lowest BCUT2D eigenvalue weighted by atomic mass is 10.0. The number of benzene rings is 2. The van der Waals surface area contributed by atoms with E-state index in [-0.39, 0.29) is 23.6 Å². The molecule has 0 aliphatic carbocycles. The van der Waals surface area contributed by atoms with Crippen LogP contribution in [0.2, 0.25) is 0 Å². The van der Waals surface area contributed by atoms with E-state index in [0.717, 1.165) is 18.0 Å². The van der Waals surface area contributed by atoms with Gasteiger partial charge in [0.05, 0.1) is 11.4 Å². The third-order valence-corrected chi connectivity index (χ3v) is 8.22. The summed E-state index contributed by atoms with van der Waals surface area (Å²) in [6, 6.07) is 8.21. The van der Waals surface area contributed by atoms with Gasteiger partial charge in [0, 0.05) is 40.1 Å². The summed E-state index contributed by atoms with van der Waals surface area (Å²) >= 11 is 1.42. The molecule has 40 heavy (non-hydrogen) atoms. The summed E-state index contributed by atoms with van der Waals surface area (Å²) in [5, 5.41) is 0. The normalized spacial score (nSPS) is 12.2. The molecule has 0 saturated heterocycles. The molecule has 0 aliphatic rings. The van der Waals surface area contributed by atoms with Crippen molar-refractivity contribution in [2.24, 2.45) is 5.92 Å². The molecule has 1 N–H and O–H groups in total. The number of hydrogen-bond donors (Lipinski definition) is 1. The van der Waals surface area contributed by atoms with Crippen LogP contribution in [-0.2, 0) is 26.1 Å². The third-order valence-electron chi connectivity index (χ3n) is 5.43. The number of aromatic nitrogens is 2. The lowest BCUT2D eigenvalue weighted by Crippen LogP contribution is -2.36. The average Bonchev–Trinajstić information content (AvgIpc) is 3.31. The van der Waals surface area contributed by atoms with Gasteiger partial charge in [-0.15, -0.1) is 11.8 Å². The molecule has 1 aromatic heterocycles. The minimum Gasteiger partial charge on any atom is -0.369 e. The highest BCUT2D eigenvalue weighted by Gasteiger charge is 2.43. The Morgan fingerprint density at radius 2 is 1.80 bits per heavy atom. The van der Waals surface area contributed by atoms with Crippen LogP contribution in [0.5, 0.6) is 0 Å². The Bertz CT molecular complexity index is 1500. The molecule has 8 nitrogen and oxygen atoms in total. The molecule has 0 bridgehead atoms. The molecule has 1 heterocycles. The van der Waals surface area contributed by atoms with Crippen LogP contribution in [0.1, 0.15) is 45.0 Å². The molecule has 0 aliphatic heterocycles. The molecule has 1 amide bonds. The molecule has 3 aromatic rings. The molecule has 0 saturated carbocycles. The molecule has 0 spiro atoms. The maximum Gasteiger partial charge on any atom is 0.491 e. The van der Waals surface area contributed by atoms with Gasteiger partial charge in [-0.3, -0.25) is 0 Å². The van der Waals surface area contributed by atoms with Crippen LogP contribution in [0.4, 0.5) is 22.4 Å². The zero-order chi connectivity index (χ0) is 29.8. The van der Waals surface area contributed by atoms with Crippen molar-refractivity contribution >= 4 is 33.8 Å². The number of carbonyl (C=O) groups is 2. The van der Waals surface area contributed by atoms with Crippen LogP contribution in [0.15, 0.2) is 58.6 Å². The summed E-state index contributed by atoms with van der Waals surface area (Å²) in [5.74, 6) is -1.67. The number of thioether (sulfide) groups is 1. The van der Waals surface area contributed by atoms with Crippen molar-refractivity contribution in [1.82, 2.24) is 14.3 Å². The van der Waals surface area contributed by atoms with E-state index in [1.807, 2.05) is 27.7 Å². The predicted molar refractivity (Wildman–Crippen MR) is 141 cm³/mol. The van der Waals surface area contributed by atoms with E-state index in [9.17, 15) is 31.2 Å². The number of carbonyl (C=O) groups excluding carboxylic acids is 2. The second-order valence-electron chi connectivity index (χ2n) is 9.52. The van der Waals surface area contributed by atoms with Crippen LogP contribution in [0.3, 0.4) is 0 Å². The van der Waals surface area contributed by atoms with Gasteiger partial charge in [-0.2, -0.15) is 13.2 Å². The fourth-order valence-corrected chi connectivity index (χ4v) is 5.61. The van der Waals surface area contributed by atoms with E-state index in [1.165, 1.54) is 40.7 Å². The first-order chi connectivity index (χ1) is 18.6. The number of nitrogens with zero attached hydrogens (tertiary/aromatic N) is 2. The second kappa shape index (κ2) is 12.4. The maximum absolute atomic E-state index is 15.3. The number of imidazole rings is 1. The van der Waals surface area contributed by atoms with Crippen LogP contribution in [0, 0.1) is 11.7 Å². The second-order valence-corrected chi connectivity index (χ2v) is 12.3. The number of rotatable bonds is 9. The van der Waals surface area contributed by atoms with Crippen molar-refractivity contribution in [2.45, 2.75) is 56.1 Å². The summed E-state index contributed by atoms with van der Waals surface area (Å²) < 4.78 is 85.2. The van der Waals surface area contributed by atoms with Crippen molar-refractivity contribution in [1.29, 1.82) is 0 Å². The Hall–Kier alpha value is -3.39. The average molecular weight is 602 g/mol. The SMILES string of the molecule is CC(C)CSc1ccc(S(=O)(=O)NC(=O)OC(=O)C(F)(F)F)c(-c2ccc(Cn3ccnc3C(C)C)c(F)c2)c1. The van der Waals surface area contributed by atoms with E-state index < -0.39 is 39.0 Å². The lowest BCUT2D eigenvalue weighted by molar-refractivity contribution is -0.192. The largest absolute Gasteiger partial charge is 0.491 e. The molecular weight excluding hydrogens is 574 g/mol. The van der Waals surface area contributed by atoms with Crippen molar-refractivity contribution in [3.63, 3.8) is 0 Å². The van der Waals surface area contributed by atoms with Gasteiger partial charge in [-0.05, 0) is 35.7 Å². The highest BCUT2D eigenvalue weighted by molar-refractivity contribution is 7.99. The Morgan fingerprint density at radius 3 is 2.40 bits per heavy atom. The Labute approximate surface area is 233 Å². The minimum absolute atomic E-state index is 0.00726. The number of esters is 1. The Morgan fingerprint density at radius 1 is 1.10 bits per heavy atom. The number of nitrogens with one attached hydrogen (secondary N) is 1. The van der Waals surface area contributed by atoms with E-state index >= 15 is 4.39 Å². The lowest BCUT2D eigenvalue weighted by Gasteiger charge is -2.15. The van der Waals surface area contributed by atoms with Gasteiger partial charge in [0.15, 0.2) is 0 Å². The molecule has 0 radical (unpaired) electrons. The summed E-state index contributed by atoms with van der Waals surface area (Å²) in [4.78, 5) is 27.1. The standard InChI is InChI=1S/C26H27F4N3O5S2/c1-15(2)14-39-19-7-8-22(40(36,37)32-25(35)38-24(34)26(28,29)30)20(12-19)17-5-6-18(21(27)11-17)13-33-10-9-31-23(33)16(3)4/h5-12,15-16H,13-14H2,1-4H3,(H,32,35).